The van der Waals surface area contributed by atoms with Crippen molar-refractivity contribution in [1.29, 1.82) is 0 Å². The molecule has 6 aliphatic heterocycles. The highest BCUT2D eigenvalue weighted by atomic mass is 16.1. The minimum absolute atomic E-state index is 0.0217. The predicted molar refractivity (Wildman–Crippen MR) is 348 cm³/mol. The maximum Gasteiger partial charge on any atom is 0.263 e. The standard InChI is InChI=1S/C74H42B2N6O2/c83-73-53-26-11-10-25-49(53)51-37-39-63-69-71(51)81(73)61-33-16-32-60-68(61)76(69)66-57(79(63)47-22-8-3-9-23-47)29-14-31-59(66)80(60)48-24-12-17-43(41-48)44-35-36-50-52-38-40-64-70-72(52)82(74(84)54(50)42-44)62-34-15-30-58-67(62)75(70)65-55(77(58)45-18-4-1-5-19-45)27-13-28-56(65)78(64)46-20-6-2-7-21-46/h1-42H. The number of para-hydroxylation sites is 3. The lowest BCUT2D eigenvalue weighted by Gasteiger charge is -2.46. The molecule has 386 valence electrons. The second-order valence-corrected chi connectivity index (χ2v) is 23.0. The summed E-state index contributed by atoms with van der Waals surface area (Å²) in [5, 5.41) is 5.36. The number of hydrogen-bond donors (Lipinski definition) is 0. The normalized spacial score (nSPS) is 13.9. The Balaban J connectivity index is 0.805. The lowest BCUT2D eigenvalue weighted by Crippen LogP contribution is -2.64. The molecular formula is C74H42B2N6O2. The molecule has 14 aromatic rings. The summed E-state index contributed by atoms with van der Waals surface area (Å²) in [7, 11) is 0. The van der Waals surface area contributed by atoms with E-state index in [1.807, 2.05) is 27.3 Å². The van der Waals surface area contributed by atoms with Crippen molar-refractivity contribution in [3.63, 3.8) is 0 Å². The van der Waals surface area contributed by atoms with Crippen molar-refractivity contribution in [3.8, 4) is 22.5 Å². The van der Waals surface area contributed by atoms with Gasteiger partial charge in [-0.15, -0.1) is 0 Å². The summed E-state index contributed by atoms with van der Waals surface area (Å²) < 4.78 is 4.04. The quantitative estimate of drug-likeness (QED) is 0.126. The van der Waals surface area contributed by atoms with E-state index in [0.717, 1.165) is 145 Å². The zero-order valence-corrected chi connectivity index (χ0v) is 44.9. The summed E-state index contributed by atoms with van der Waals surface area (Å²) in [6.07, 6.45) is 0. The number of fused-ring (bicyclic) bond motifs is 6. The second kappa shape index (κ2) is 15.9. The number of benzene rings is 12. The van der Waals surface area contributed by atoms with Crippen LogP contribution >= 0.6 is 0 Å². The van der Waals surface area contributed by atoms with E-state index in [-0.39, 0.29) is 24.5 Å². The highest BCUT2D eigenvalue weighted by Gasteiger charge is 2.50. The Hall–Kier alpha value is -11.1. The number of pyridine rings is 2. The Morgan fingerprint density at radius 3 is 1.04 bits per heavy atom. The van der Waals surface area contributed by atoms with Gasteiger partial charge < -0.3 is 19.6 Å². The zero-order valence-electron chi connectivity index (χ0n) is 44.9. The monoisotopic (exact) mass is 1070 g/mol. The lowest BCUT2D eigenvalue weighted by molar-refractivity contribution is 1.06. The highest BCUT2D eigenvalue weighted by Crippen LogP contribution is 2.50. The fraction of sp³-hybridized carbons (Fsp3) is 0. The van der Waals surface area contributed by atoms with E-state index >= 15 is 9.59 Å². The Morgan fingerprint density at radius 2 is 0.560 bits per heavy atom. The van der Waals surface area contributed by atoms with Crippen LogP contribution in [0.1, 0.15) is 0 Å². The molecule has 0 radical (unpaired) electrons. The van der Waals surface area contributed by atoms with E-state index in [1.165, 1.54) is 10.9 Å². The van der Waals surface area contributed by atoms with Gasteiger partial charge in [0.1, 0.15) is 0 Å². The smallest absolute Gasteiger partial charge is 0.263 e. The average Bonchev–Trinajstić information content (AvgIpc) is 0.961. The molecule has 12 aromatic carbocycles. The molecule has 6 aliphatic rings. The van der Waals surface area contributed by atoms with Crippen LogP contribution in [0.3, 0.4) is 0 Å². The molecule has 0 fully saturated rings. The minimum Gasteiger partial charge on any atom is -0.311 e. The van der Waals surface area contributed by atoms with Gasteiger partial charge in [0.2, 0.25) is 0 Å². The summed E-state index contributed by atoms with van der Waals surface area (Å²) in [6.45, 7) is -0.246. The van der Waals surface area contributed by atoms with Crippen molar-refractivity contribution < 1.29 is 0 Å². The number of hydrogen-bond acceptors (Lipinski definition) is 6. The van der Waals surface area contributed by atoms with Crippen molar-refractivity contribution in [2.45, 2.75) is 0 Å². The maximum atomic E-state index is 16.1. The first-order chi connectivity index (χ1) is 41.6. The molecule has 8 heterocycles. The summed E-state index contributed by atoms with van der Waals surface area (Å²) in [5.41, 5.74) is 25.5. The number of nitrogens with zero attached hydrogens (tertiary/aromatic N) is 6. The van der Waals surface area contributed by atoms with Gasteiger partial charge in [0.05, 0.1) is 11.0 Å². The molecule has 0 aliphatic carbocycles. The van der Waals surface area contributed by atoms with Gasteiger partial charge in [-0.05, 0) is 176 Å². The van der Waals surface area contributed by atoms with Crippen LogP contribution in [0.15, 0.2) is 264 Å². The minimum atomic E-state index is -0.138. The third kappa shape index (κ3) is 5.42. The molecule has 8 nitrogen and oxygen atoms in total. The van der Waals surface area contributed by atoms with Crippen molar-refractivity contribution >= 4 is 158 Å². The molecule has 20 rings (SSSR count). The molecule has 0 amide bonds. The molecule has 2 aromatic heterocycles. The molecule has 0 spiro atoms. The van der Waals surface area contributed by atoms with Crippen molar-refractivity contribution in [2.24, 2.45) is 0 Å². The first-order valence-corrected chi connectivity index (χ1v) is 28.8. The van der Waals surface area contributed by atoms with Gasteiger partial charge in [-0.1, -0.05) is 133 Å². The van der Waals surface area contributed by atoms with Crippen LogP contribution in [-0.4, -0.2) is 22.6 Å². The summed E-state index contributed by atoms with van der Waals surface area (Å²) in [4.78, 5) is 40.9. The average molecular weight is 1070 g/mol. The van der Waals surface area contributed by atoms with Crippen molar-refractivity contribution in [1.82, 2.24) is 9.13 Å². The van der Waals surface area contributed by atoms with E-state index in [4.69, 9.17) is 0 Å². The van der Waals surface area contributed by atoms with Crippen LogP contribution in [0, 0.1) is 0 Å². The largest absolute Gasteiger partial charge is 0.311 e. The Labute approximate surface area is 482 Å². The van der Waals surface area contributed by atoms with Gasteiger partial charge in [0.15, 0.2) is 0 Å². The Morgan fingerprint density at radius 1 is 0.226 bits per heavy atom. The first-order valence-electron chi connectivity index (χ1n) is 28.8. The summed E-state index contributed by atoms with van der Waals surface area (Å²) >= 11 is 0. The van der Waals surface area contributed by atoms with Crippen LogP contribution in [0.5, 0.6) is 0 Å². The van der Waals surface area contributed by atoms with Gasteiger partial charge in [0, 0.05) is 101 Å². The molecule has 0 unspecified atom stereocenters. The summed E-state index contributed by atoms with van der Waals surface area (Å²) in [6, 6.07) is 90.5. The van der Waals surface area contributed by atoms with Crippen LogP contribution in [0.4, 0.5) is 68.2 Å². The Kier molecular flexibility index (Phi) is 8.44. The summed E-state index contributed by atoms with van der Waals surface area (Å²) in [5.74, 6) is 0. The number of aromatic nitrogens is 2. The van der Waals surface area contributed by atoms with Crippen molar-refractivity contribution in [3.05, 3.63) is 275 Å². The first kappa shape index (κ1) is 44.6. The highest BCUT2D eigenvalue weighted by molar-refractivity contribution is 7.03. The number of rotatable bonds is 5. The fourth-order valence-corrected chi connectivity index (χ4v) is 16.0. The van der Waals surface area contributed by atoms with Gasteiger partial charge >= 0.3 is 0 Å². The molecule has 0 saturated carbocycles. The van der Waals surface area contributed by atoms with Crippen molar-refractivity contribution in [2.75, 3.05) is 19.6 Å². The van der Waals surface area contributed by atoms with E-state index in [0.29, 0.717) is 10.8 Å². The second-order valence-electron chi connectivity index (χ2n) is 23.0. The van der Waals surface area contributed by atoms with E-state index < -0.39 is 0 Å². The van der Waals surface area contributed by atoms with Gasteiger partial charge in [-0.2, -0.15) is 0 Å². The van der Waals surface area contributed by atoms with Gasteiger partial charge in [-0.25, -0.2) is 0 Å². The molecule has 84 heavy (non-hydrogen) atoms. The van der Waals surface area contributed by atoms with E-state index in [9.17, 15) is 0 Å². The maximum absolute atomic E-state index is 16.1. The molecule has 0 N–H and O–H groups in total. The molecule has 10 heteroatoms. The molecular weight excluding hydrogens is 1030 g/mol. The zero-order chi connectivity index (χ0) is 54.8. The van der Waals surface area contributed by atoms with Crippen LogP contribution < -0.4 is 63.5 Å². The van der Waals surface area contributed by atoms with E-state index in [2.05, 4.69) is 256 Å². The topological polar surface area (TPSA) is 57.0 Å². The Bertz CT molecular complexity index is 5480. The van der Waals surface area contributed by atoms with Gasteiger partial charge in [0.25, 0.3) is 24.5 Å². The third-order valence-corrected chi connectivity index (χ3v) is 19.1. The molecule has 0 bridgehead atoms. The molecule has 0 saturated heterocycles. The van der Waals surface area contributed by atoms with Crippen LogP contribution in [-0.2, 0) is 0 Å². The molecule has 0 atom stereocenters. The van der Waals surface area contributed by atoms with Crippen LogP contribution in [0.2, 0.25) is 0 Å². The third-order valence-electron chi connectivity index (χ3n) is 19.1. The lowest BCUT2D eigenvalue weighted by atomic mass is 9.32. The fourth-order valence-electron chi connectivity index (χ4n) is 16.0. The van der Waals surface area contributed by atoms with E-state index in [1.54, 1.807) is 0 Å². The van der Waals surface area contributed by atoms with Gasteiger partial charge in [-0.3, -0.25) is 18.7 Å². The predicted octanol–water partition coefficient (Wildman–Crippen LogP) is 13.1. The number of anilines is 12. The van der Waals surface area contributed by atoms with Crippen LogP contribution in [0.25, 0.3) is 65.9 Å². The SMILES string of the molecule is O=c1c2ccccc2c2ccc3c4c2n1-c1cccc2c1B4c1c(cccc1N3c1ccccc1)N2c1cccc(-c2ccc3c(c2)c(=O)n2c4c5c(ccc34)N(c3ccccc3)c3cccc4c3B5c3c(cccc3-2)N4c2ccccc2)c1.